The fraction of sp³-hybridized carbons (Fsp3) is 0.133. The highest BCUT2D eigenvalue weighted by atomic mass is 35.5. The molecule has 1 aliphatic rings. The SMILES string of the molecule is CC1(c2ccccc2)Nc2c(Cl)cccc2NC1=O. The smallest absolute Gasteiger partial charge is 0.254 e. The number of hydrogen-bond acceptors (Lipinski definition) is 2. The zero-order valence-corrected chi connectivity index (χ0v) is 11.2. The number of carbonyl (C=O) groups is 1. The number of para-hydroxylation sites is 1. The molecule has 4 heteroatoms. The summed E-state index contributed by atoms with van der Waals surface area (Å²) in [7, 11) is 0. The molecule has 1 unspecified atom stereocenters. The Morgan fingerprint density at radius 1 is 1.05 bits per heavy atom. The standard InChI is InChI=1S/C15H13ClN2O/c1-15(10-6-3-2-4-7-10)14(19)17-12-9-5-8-11(16)13(12)18-15/h2-9,18H,1H3,(H,17,19). The predicted octanol–water partition coefficient (Wildman–Crippen LogP) is 3.62. The molecule has 1 aliphatic heterocycles. The van der Waals surface area contributed by atoms with Crippen LogP contribution in [-0.4, -0.2) is 5.91 Å². The molecule has 0 radical (unpaired) electrons. The molecule has 2 aromatic carbocycles. The number of benzene rings is 2. The quantitative estimate of drug-likeness (QED) is 0.832. The third-order valence-electron chi connectivity index (χ3n) is 3.44. The molecule has 3 rings (SSSR count). The van der Waals surface area contributed by atoms with Crippen molar-refractivity contribution < 1.29 is 4.79 Å². The van der Waals surface area contributed by atoms with E-state index in [0.29, 0.717) is 10.7 Å². The van der Waals surface area contributed by atoms with Gasteiger partial charge in [-0.25, -0.2) is 0 Å². The van der Waals surface area contributed by atoms with Gasteiger partial charge in [0.1, 0.15) is 5.54 Å². The molecule has 0 saturated heterocycles. The van der Waals surface area contributed by atoms with Crippen molar-refractivity contribution in [2.45, 2.75) is 12.5 Å². The van der Waals surface area contributed by atoms with Crippen molar-refractivity contribution >= 4 is 28.9 Å². The van der Waals surface area contributed by atoms with Crippen molar-refractivity contribution in [3.8, 4) is 0 Å². The van der Waals surface area contributed by atoms with Crippen LogP contribution in [0.25, 0.3) is 0 Å². The Morgan fingerprint density at radius 2 is 1.79 bits per heavy atom. The molecule has 96 valence electrons. The van der Waals surface area contributed by atoms with Crippen LogP contribution in [0.4, 0.5) is 11.4 Å². The Labute approximate surface area is 116 Å². The van der Waals surface area contributed by atoms with E-state index in [2.05, 4.69) is 10.6 Å². The van der Waals surface area contributed by atoms with Crippen LogP contribution in [0.5, 0.6) is 0 Å². The molecule has 0 aliphatic carbocycles. The highest BCUT2D eigenvalue weighted by molar-refractivity contribution is 6.34. The maximum Gasteiger partial charge on any atom is 0.254 e. The minimum atomic E-state index is -0.820. The van der Waals surface area contributed by atoms with E-state index >= 15 is 0 Å². The molecular formula is C15H13ClN2O. The molecule has 0 fully saturated rings. The molecule has 1 heterocycles. The summed E-state index contributed by atoms with van der Waals surface area (Å²) in [5, 5.41) is 6.76. The highest BCUT2D eigenvalue weighted by Gasteiger charge is 2.39. The second kappa shape index (κ2) is 4.28. The second-order valence-corrected chi connectivity index (χ2v) is 5.14. The van der Waals surface area contributed by atoms with E-state index in [1.165, 1.54) is 0 Å². The highest BCUT2D eigenvalue weighted by Crippen LogP contribution is 2.40. The Bertz CT molecular complexity index is 642. The molecular weight excluding hydrogens is 260 g/mol. The first-order valence-corrected chi connectivity index (χ1v) is 6.43. The van der Waals surface area contributed by atoms with Gasteiger partial charge in [-0.3, -0.25) is 4.79 Å². The van der Waals surface area contributed by atoms with Crippen LogP contribution in [0.2, 0.25) is 5.02 Å². The monoisotopic (exact) mass is 272 g/mol. The van der Waals surface area contributed by atoms with E-state index in [9.17, 15) is 4.79 Å². The van der Waals surface area contributed by atoms with Crippen molar-refractivity contribution in [2.24, 2.45) is 0 Å². The van der Waals surface area contributed by atoms with Crippen LogP contribution in [0, 0.1) is 0 Å². The molecule has 2 aromatic rings. The number of rotatable bonds is 1. The van der Waals surface area contributed by atoms with Crippen LogP contribution < -0.4 is 10.6 Å². The number of amides is 1. The molecule has 1 atom stereocenters. The molecule has 0 saturated carbocycles. The van der Waals surface area contributed by atoms with Gasteiger partial charge >= 0.3 is 0 Å². The van der Waals surface area contributed by atoms with E-state index < -0.39 is 5.54 Å². The fourth-order valence-electron chi connectivity index (χ4n) is 2.28. The average molecular weight is 273 g/mol. The number of hydrogen-bond donors (Lipinski definition) is 2. The molecule has 19 heavy (non-hydrogen) atoms. The Morgan fingerprint density at radius 3 is 2.53 bits per heavy atom. The molecule has 0 bridgehead atoms. The van der Waals surface area contributed by atoms with E-state index in [1.54, 1.807) is 6.07 Å². The third kappa shape index (κ3) is 1.87. The van der Waals surface area contributed by atoms with E-state index in [4.69, 9.17) is 11.6 Å². The van der Waals surface area contributed by atoms with Gasteiger partial charge in [0.05, 0.1) is 16.4 Å². The van der Waals surface area contributed by atoms with Gasteiger partial charge in [-0.2, -0.15) is 0 Å². The van der Waals surface area contributed by atoms with Gasteiger partial charge in [0.25, 0.3) is 5.91 Å². The summed E-state index contributed by atoms with van der Waals surface area (Å²) in [5.74, 6) is -0.0894. The number of nitrogens with one attached hydrogen (secondary N) is 2. The first-order chi connectivity index (χ1) is 9.11. The van der Waals surface area contributed by atoms with Gasteiger partial charge in [-0.05, 0) is 24.6 Å². The zero-order valence-electron chi connectivity index (χ0n) is 10.4. The minimum absolute atomic E-state index is 0.0894. The summed E-state index contributed by atoms with van der Waals surface area (Å²) >= 11 is 6.19. The molecule has 0 aromatic heterocycles. The van der Waals surface area contributed by atoms with Gasteiger partial charge in [0, 0.05) is 0 Å². The van der Waals surface area contributed by atoms with Crippen LogP contribution >= 0.6 is 11.6 Å². The van der Waals surface area contributed by atoms with Gasteiger partial charge in [0.15, 0.2) is 0 Å². The van der Waals surface area contributed by atoms with Crippen LogP contribution in [0.15, 0.2) is 48.5 Å². The summed E-state index contributed by atoms with van der Waals surface area (Å²) in [6.07, 6.45) is 0. The maximum absolute atomic E-state index is 12.4. The van der Waals surface area contributed by atoms with E-state index in [1.807, 2.05) is 49.4 Å². The van der Waals surface area contributed by atoms with Crippen LogP contribution in [0.1, 0.15) is 12.5 Å². The summed E-state index contributed by atoms with van der Waals surface area (Å²) in [6, 6.07) is 15.0. The van der Waals surface area contributed by atoms with Gasteiger partial charge < -0.3 is 10.6 Å². The maximum atomic E-state index is 12.4. The summed E-state index contributed by atoms with van der Waals surface area (Å²) < 4.78 is 0. The number of anilines is 2. The van der Waals surface area contributed by atoms with Crippen molar-refractivity contribution in [1.82, 2.24) is 0 Å². The first-order valence-electron chi connectivity index (χ1n) is 6.05. The Kier molecular flexibility index (Phi) is 2.72. The third-order valence-corrected chi connectivity index (χ3v) is 3.76. The van der Waals surface area contributed by atoms with Crippen molar-refractivity contribution in [3.63, 3.8) is 0 Å². The van der Waals surface area contributed by atoms with Gasteiger partial charge in [0.2, 0.25) is 0 Å². The van der Waals surface area contributed by atoms with Crippen LogP contribution in [0.3, 0.4) is 0 Å². The van der Waals surface area contributed by atoms with Gasteiger partial charge in [-0.15, -0.1) is 0 Å². The van der Waals surface area contributed by atoms with E-state index in [-0.39, 0.29) is 5.91 Å². The van der Waals surface area contributed by atoms with E-state index in [0.717, 1.165) is 11.3 Å². The largest absolute Gasteiger partial charge is 0.365 e. The number of fused-ring (bicyclic) bond motifs is 1. The lowest BCUT2D eigenvalue weighted by Gasteiger charge is -2.36. The Balaban J connectivity index is 2.11. The lowest BCUT2D eigenvalue weighted by Crippen LogP contribution is -2.47. The van der Waals surface area contributed by atoms with Crippen LogP contribution in [-0.2, 0) is 10.3 Å². The predicted molar refractivity (Wildman–Crippen MR) is 77.5 cm³/mol. The minimum Gasteiger partial charge on any atom is -0.365 e. The molecule has 3 nitrogen and oxygen atoms in total. The average Bonchev–Trinajstić information content (AvgIpc) is 2.42. The lowest BCUT2D eigenvalue weighted by molar-refractivity contribution is -0.120. The topological polar surface area (TPSA) is 41.1 Å². The summed E-state index contributed by atoms with van der Waals surface area (Å²) in [6.45, 7) is 1.85. The summed E-state index contributed by atoms with van der Waals surface area (Å²) in [5.41, 5.74) is 1.55. The number of halogens is 1. The molecule has 1 amide bonds. The first kappa shape index (κ1) is 12.1. The van der Waals surface area contributed by atoms with Crippen molar-refractivity contribution in [1.29, 1.82) is 0 Å². The molecule has 0 spiro atoms. The second-order valence-electron chi connectivity index (χ2n) is 4.73. The fourth-order valence-corrected chi connectivity index (χ4v) is 2.51. The van der Waals surface area contributed by atoms with Crippen molar-refractivity contribution in [3.05, 3.63) is 59.1 Å². The van der Waals surface area contributed by atoms with Crippen molar-refractivity contribution in [2.75, 3.05) is 10.6 Å². The zero-order chi connectivity index (χ0) is 13.5. The lowest BCUT2D eigenvalue weighted by atomic mass is 9.88. The van der Waals surface area contributed by atoms with Gasteiger partial charge in [-0.1, -0.05) is 48.0 Å². The Hall–Kier alpha value is -2.00. The molecule has 2 N–H and O–H groups in total. The summed E-state index contributed by atoms with van der Waals surface area (Å²) in [4.78, 5) is 12.4. The number of carbonyl (C=O) groups excluding carboxylic acids is 1. The normalized spacial score (nSPS) is 21.3.